The van der Waals surface area contributed by atoms with Gasteiger partial charge in [-0.05, 0) is 67.2 Å². The van der Waals surface area contributed by atoms with Crippen LogP contribution in [0.25, 0.3) is 0 Å². The summed E-state index contributed by atoms with van der Waals surface area (Å²) in [5.41, 5.74) is 1.64. The zero-order chi connectivity index (χ0) is 23.8. The summed E-state index contributed by atoms with van der Waals surface area (Å²) in [6, 6.07) is 7.75. The maximum Gasteiger partial charge on any atom is 0.317 e. The molecule has 0 fully saturated rings. The molecule has 0 heterocycles. The van der Waals surface area contributed by atoms with Crippen molar-refractivity contribution in [2.24, 2.45) is 16.7 Å². The fourth-order valence-corrected chi connectivity index (χ4v) is 2.98. The van der Waals surface area contributed by atoms with Crippen molar-refractivity contribution >= 4 is 12.4 Å². The molecule has 4 nitrogen and oxygen atoms in total. The first-order chi connectivity index (χ1) is 14.3. The number of rotatable bonds is 6. The van der Waals surface area contributed by atoms with Crippen LogP contribution >= 0.6 is 0 Å². The van der Waals surface area contributed by atoms with E-state index in [-0.39, 0.29) is 11.4 Å². The zero-order valence-corrected chi connectivity index (χ0v) is 20.7. The van der Waals surface area contributed by atoms with Crippen molar-refractivity contribution < 1.29 is 19.1 Å². The lowest BCUT2D eigenvalue weighted by atomic mass is 9.69. The molecule has 1 aromatic rings. The van der Waals surface area contributed by atoms with Crippen LogP contribution in [0.4, 0.5) is 0 Å². The van der Waals surface area contributed by atoms with E-state index in [4.69, 9.17) is 9.47 Å². The Balaban J connectivity index is 0.000000343. The molecule has 0 spiro atoms. The van der Waals surface area contributed by atoms with Gasteiger partial charge in [-0.2, -0.15) is 0 Å². The van der Waals surface area contributed by atoms with Crippen LogP contribution in [0.2, 0.25) is 0 Å². The second-order valence-corrected chi connectivity index (χ2v) is 10.2. The highest BCUT2D eigenvalue weighted by Crippen LogP contribution is 2.39. The minimum Gasteiger partial charge on any atom is -0.429 e. The molecule has 0 aliphatic heterocycles. The standard InChI is InChI=1S/C17H26O2.C10H14O2/c1-12(2)13-10-8-9-11-14(13)19-15(18)17(6,7)16(3,4)5;1-8(2)9-5-3-4-6-10(9)12-7-11/h8-12H,1-7H3;4,6-8H,3,5H2,1-2H3. The third kappa shape index (κ3) is 7.37. The number of carbonyl (C=O) groups excluding carboxylic acids is 2. The number of allylic oxidation sites excluding steroid dienone is 3. The van der Waals surface area contributed by atoms with Gasteiger partial charge in [-0.25, -0.2) is 0 Å². The van der Waals surface area contributed by atoms with Crippen LogP contribution in [-0.2, 0) is 14.3 Å². The summed E-state index contributed by atoms with van der Waals surface area (Å²) in [6.45, 7) is 19.0. The molecular formula is C27H40O4. The van der Waals surface area contributed by atoms with Crippen LogP contribution in [-0.4, -0.2) is 12.4 Å². The van der Waals surface area contributed by atoms with E-state index >= 15 is 0 Å². The number of hydrogen-bond donors (Lipinski definition) is 0. The molecule has 1 aromatic carbocycles. The van der Waals surface area contributed by atoms with Gasteiger partial charge in [0, 0.05) is 0 Å². The van der Waals surface area contributed by atoms with E-state index in [1.165, 1.54) is 5.57 Å². The molecule has 0 bridgehead atoms. The topological polar surface area (TPSA) is 52.6 Å². The summed E-state index contributed by atoms with van der Waals surface area (Å²) in [6.07, 6.45) is 5.98. The predicted molar refractivity (Wildman–Crippen MR) is 127 cm³/mol. The highest BCUT2D eigenvalue weighted by atomic mass is 16.5. The molecule has 0 saturated carbocycles. The monoisotopic (exact) mass is 428 g/mol. The second kappa shape index (κ2) is 11.3. The van der Waals surface area contributed by atoms with E-state index in [0.29, 0.717) is 24.1 Å². The quantitative estimate of drug-likeness (QED) is 0.273. The molecule has 0 atom stereocenters. The van der Waals surface area contributed by atoms with Gasteiger partial charge in [-0.3, -0.25) is 9.59 Å². The average Bonchev–Trinajstić information content (AvgIpc) is 2.68. The molecule has 1 aliphatic carbocycles. The maximum absolute atomic E-state index is 12.4. The van der Waals surface area contributed by atoms with Crippen LogP contribution < -0.4 is 4.74 Å². The third-order valence-electron chi connectivity index (χ3n) is 6.17. The number of carbonyl (C=O) groups is 2. The van der Waals surface area contributed by atoms with E-state index in [1.807, 2.05) is 50.3 Å². The van der Waals surface area contributed by atoms with Gasteiger partial charge < -0.3 is 9.47 Å². The van der Waals surface area contributed by atoms with Gasteiger partial charge in [0.15, 0.2) is 0 Å². The smallest absolute Gasteiger partial charge is 0.317 e. The van der Waals surface area contributed by atoms with Crippen molar-refractivity contribution in [2.75, 3.05) is 0 Å². The minimum absolute atomic E-state index is 0.142. The zero-order valence-electron chi connectivity index (χ0n) is 20.7. The van der Waals surface area contributed by atoms with E-state index < -0.39 is 5.41 Å². The van der Waals surface area contributed by atoms with Crippen molar-refractivity contribution in [2.45, 2.75) is 81.1 Å². The van der Waals surface area contributed by atoms with Gasteiger partial charge in [0.25, 0.3) is 6.47 Å². The van der Waals surface area contributed by atoms with Crippen LogP contribution in [0.15, 0.2) is 47.7 Å². The molecular weight excluding hydrogens is 388 g/mol. The first-order valence-corrected chi connectivity index (χ1v) is 11.1. The van der Waals surface area contributed by atoms with Crippen molar-refractivity contribution in [3.8, 4) is 5.75 Å². The lowest BCUT2D eigenvalue weighted by molar-refractivity contribution is -0.150. The fourth-order valence-electron chi connectivity index (χ4n) is 2.98. The highest BCUT2D eigenvalue weighted by molar-refractivity contribution is 5.79. The van der Waals surface area contributed by atoms with Gasteiger partial charge in [-0.15, -0.1) is 0 Å². The lowest BCUT2D eigenvalue weighted by Crippen LogP contribution is -2.40. The van der Waals surface area contributed by atoms with Crippen molar-refractivity contribution in [1.29, 1.82) is 0 Å². The summed E-state index contributed by atoms with van der Waals surface area (Å²) in [5, 5.41) is 0. The van der Waals surface area contributed by atoms with Gasteiger partial charge in [0.1, 0.15) is 11.5 Å². The predicted octanol–water partition coefficient (Wildman–Crippen LogP) is 7.21. The first-order valence-electron chi connectivity index (χ1n) is 11.1. The summed E-state index contributed by atoms with van der Waals surface area (Å²) >= 11 is 0. The number of hydrogen-bond acceptors (Lipinski definition) is 4. The third-order valence-corrected chi connectivity index (χ3v) is 6.17. The average molecular weight is 429 g/mol. The number of para-hydroxylation sites is 1. The molecule has 1 aliphatic rings. The Morgan fingerprint density at radius 3 is 2.13 bits per heavy atom. The molecule has 0 aromatic heterocycles. The summed E-state index contributed by atoms with van der Waals surface area (Å²) in [4.78, 5) is 22.6. The van der Waals surface area contributed by atoms with Gasteiger partial charge >= 0.3 is 5.97 Å². The molecule has 0 N–H and O–H groups in total. The molecule has 172 valence electrons. The van der Waals surface area contributed by atoms with Crippen LogP contribution in [0.3, 0.4) is 0 Å². The lowest BCUT2D eigenvalue weighted by Gasteiger charge is -2.36. The molecule has 0 amide bonds. The van der Waals surface area contributed by atoms with E-state index in [0.717, 1.165) is 24.2 Å². The Kier molecular flexibility index (Phi) is 9.73. The molecule has 0 unspecified atom stereocenters. The van der Waals surface area contributed by atoms with Crippen LogP contribution in [0.1, 0.15) is 86.6 Å². The molecule has 2 rings (SSSR count). The minimum atomic E-state index is -0.531. The Hall–Kier alpha value is -2.36. The number of ether oxygens (including phenoxy) is 2. The Bertz CT molecular complexity index is 805. The van der Waals surface area contributed by atoms with Crippen molar-refractivity contribution in [1.82, 2.24) is 0 Å². The van der Waals surface area contributed by atoms with Crippen molar-refractivity contribution in [3.05, 3.63) is 53.3 Å². The van der Waals surface area contributed by atoms with Crippen LogP contribution in [0, 0.1) is 16.7 Å². The molecule has 4 heteroatoms. The maximum atomic E-state index is 12.4. The summed E-state index contributed by atoms with van der Waals surface area (Å²) in [5.74, 6) is 2.05. The normalized spacial score (nSPS) is 14.3. The van der Waals surface area contributed by atoms with E-state index in [1.54, 1.807) is 0 Å². The highest BCUT2D eigenvalue weighted by Gasteiger charge is 2.41. The fraction of sp³-hybridized carbons (Fsp3) is 0.556. The van der Waals surface area contributed by atoms with Gasteiger partial charge in [0.05, 0.1) is 5.41 Å². The van der Waals surface area contributed by atoms with Crippen molar-refractivity contribution in [3.63, 3.8) is 0 Å². The number of esters is 1. The first kappa shape index (κ1) is 26.7. The number of benzene rings is 1. The summed E-state index contributed by atoms with van der Waals surface area (Å²) < 4.78 is 10.5. The Morgan fingerprint density at radius 2 is 1.61 bits per heavy atom. The SMILES string of the molecule is CC(C)C1=C(OC=O)C=CCC1.CC(C)c1ccccc1OC(=O)C(C)(C)C(C)(C)C. The van der Waals surface area contributed by atoms with E-state index in [9.17, 15) is 9.59 Å². The van der Waals surface area contributed by atoms with E-state index in [2.05, 4.69) is 48.5 Å². The summed E-state index contributed by atoms with van der Waals surface area (Å²) in [7, 11) is 0. The Morgan fingerprint density at radius 1 is 1.00 bits per heavy atom. The van der Waals surface area contributed by atoms with Gasteiger partial charge in [-0.1, -0.05) is 72.7 Å². The van der Waals surface area contributed by atoms with Gasteiger partial charge in [0.2, 0.25) is 0 Å². The second-order valence-electron chi connectivity index (χ2n) is 10.2. The largest absolute Gasteiger partial charge is 0.429 e. The molecule has 31 heavy (non-hydrogen) atoms. The molecule has 0 saturated heterocycles. The Labute approximate surface area is 188 Å². The van der Waals surface area contributed by atoms with Crippen LogP contribution in [0.5, 0.6) is 5.75 Å². The molecule has 0 radical (unpaired) electrons.